The van der Waals surface area contributed by atoms with Gasteiger partial charge < -0.3 is 15.4 Å². The zero-order chi connectivity index (χ0) is 10.8. The summed E-state index contributed by atoms with van der Waals surface area (Å²) < 4.78 is 5.07. The third-order valence-corrected chi connectivity index (χ3v) is 2.53. The lowest BCUT2D eigenvalue weighted by Gasteiger charge is -2.03. The van der Waals surface area contributed by atoms with Crippen LogP contribution in [0.25, 0.3) is 0 Å². The van der Waals surface area contributed by atoms with Crippen molar-refractivity contribution in [2.24, 2.45) is 5.73 Å². The molecule has 0 saturated carbocycles. The number of benzene rings is 1. The van der Waals surface area contributed by atoms with Crippen molar-refractivity contribution in [1.82, 2.24) is 0 Å². The van der Waals surface area contributed by atoms with Crippen molar-refractivity contribution in [3.63, 3.8) is 0 Å². The maximum Gasteiger partial charge on any atom is 0.491 e. The highest BCUT2D eigenvalue weighted by Gasteiger charge is 2.26. The van der Waals surface area contributed by atoms with Gasteiger partial charge in [-0.2, -0.15) is 0 Å². The molecule has 0 saturated heterocycles. The number of rotatable bonds is 3. The first-order valence-corrected chi connectivity index (χ1v) is 4.86. The third-order valence-electron chi connectivity index (χ3n) is 2.53. The van der Waals surface area contributed by atoms with Crippen molar-refractivity contribution in [3.05, 3.63) is 29.3 Å². The monoisotopic (exact) mass is 205 g/mol. The Labute approximate surface area is 88.2 Å². The number of nitrogens with two attached hydrogens (primary N) is 1. The fourth-order valence-electron chi connectivity index (χ4n) is 1.69. The Morgan fingerprint density at radius 2 is 2.40 bits per heavy atom. The molecule has 0 bridgehead atoms. The van der Waals surface area contributed by atoms with Crippen LogP contribution in [0.5, 0.6) is 0 Å². The Bertz CT molecular complexity index is 394. The molecule has 0 unspecified atom stereocenters. The molecule has 78 valence electrons. The summed E-state index contributed by atoms with van der Waals surface area (Å²) in [7, 11) is -0.825. The second kappa shape index (κ2) is 4.04. The zero-order valence-corrected chi connectivity index (χ0v) is 8.27. The lowest BCUT2D eigenvalue weighted by atomic mass is 9.78. The average molecular weight is 205 g/mol. The Morgan fingerprint density at radius 3 is 3.13 bits per heavy atom. The number of hydrogen-bond donors (Lipinski definition) is 2. The number of hydrogen-bond acceptors (Lipinski definition) is 3. The molecule has 0 aromatic heterocycles. The van der Waals surface area contributed by atoms with Crippen molar-refractivity contribution in [2.45, 2.75) is 19.4 Å². The molecule has 3 N–H and O–H groups in total. The minimum atomic E-state index is -0.825. The maximum atomic E-state index is 10.6. The molecule has 5 heteroatoms. The molecule has 1 aliphatic heterocycles. The van der Waals surface area contributed by atoms with E-state index in [0.717, 1.165) is 16.6 Å². The molecule has 1 aromatic rings. The maximum absolute atomic E-state index is 10.6. The van der Waals surface area contributed by atoms with Crippen LogP contribution < -0.4 is 11.2 Å². The summed E-state index contributed by atoms with van der Waals surface area (Å²) in [6.45, 7) is 0.451. The van der Waals surface area contributed by atoms with Crippen LogP contribution in [0, 0.1) is 0 Å². The summed E-state index contributed by atoms with van der Waals surface area (Å²) in [5.74, 6) is -0.313. The molecule has 15 heavy (non-hydrogen) atoms. The first-order valence-electron chi connectivity index (χ1n) is 4.86. The van der Waals surface area contributed by atoms with Gasteiger partial charge in [-0.25, -0.2) is 0 Å². The van der Waals surface area contributed by atoms with Gasteiger partial charge in [0.2, 0.25) is 5.91 Å². The Balaban J connectivity index is 2.14. The summed E-state index contributed by atoms with van der Waals surface area (Å²) in [4.78, 5) is 10.6. The van der Waals surface area contributed by atoms with Crippen LogP contribution in [0.3, 0.4) is 0 Å². The molecule has 0 spiro atoms. The Kier molecular flexibility index (Phi) is 2.75. The minimum Gasteiger partial charge on any atom is -0.423 e. The molecular weight excluding hydrogens is 193 g/mol. The summed E-state index contributed by atoms with van der Waals surface area (Å²) in [6, 6.07) is 5.72. The lowest BCUT2D eigenvalue weighted by Crippen LogP contribution is -2.28. The quantitative estimate of drug-likeness (QED) is 0.642. The van der Waals surface area contributed by atoms with Crippen LogP contribution in [-0.4, -0.2) is 18.0 Å². The van der Waals surface area contributed by atoms with Gasteiger partial charge in [-0.15, -0.1) is 0 Å². The highest BCUT2D eigenvalue weighted by molar-refractivity contribution is 6.61. The second-order valence-electron chi connectivity index (χ2n) is 3.66. The average Bonchev–Trinajstić information content (AvgIpc) is 2.57. The summed E-state index contributed by atoms with van der Waals surface area (Å²) in [5, 5.41) is 9.47. The van der Waals surface area contributed by atoms with Gasteiger partial charge in [0.05, 0.1) is 6.61 Å². The molecule has 1 aromatic carbocycles. The predicted octanol–water partition coefficient (Wildman–Crippen LogP) is -0.678. The van der Waals surface area contributed by atoms with Gasteiger partial charge in [0.1, 0.15) is 0 Å². The van der Waals surface area contributed by atoms with E-state index in [0.29, 0.717) is 19.4 Å². The number of fused-ring (bicyclic) bond motifs is 1. The van der Waals surface area contributed by atoms with Gasteiger partial charge in [0.15, 0.2) is 0 Å². The molecule has 1 amide bonds. The van der Waals surface area contributed by atoms with Crippen molar-refractivity contribution in [1.29, 1.82) is 0 Å². The van der Waals surface area contributed by atoms with Gasteiger partial charge in [-0.1, -0.05) is 18.2 Å². The topological polar surface area (TPSA) is 72.6 Å². The smallest absolute Gasteiger partial charge is 0.423 e. The standard InChI is InChI=1S/C10H12BNO3/c12-10(13)4-2-7-1-3-8-6-15-11(14)9(8)5-7/h1,3,5,14H,2,4,6H2,(H2,12,13). The van der Waals surface area contributed by atoms with E-state index in [1.54, 1.807) is 0 Å². The molecule has 4 nitrogen and oxygen atoms in total. The van der Waals surface area contributed by atoms with Crippen LogP contribution in [0.2, 0.25) is 0 Å². The minimum absolute atomic E-state index is 0.313. The SMILES string of the molecule is NC(=O)CCc1ccc2c(c1)B(O)OC2. The van der Waals surface area contributed by atoms with E-state index in [4.69, 9.17) is 10.4 Å². The largest absolute Gasteiger partial charge is 0.491 e. The fraction of sp³-hybridized carbons (Fsp3) is 0.300. The van der Waals surface area contributed by atoms with Gasteiger partial charge >= 0.3 is 7.12 Å². The summed E-state index contributed by atoms with van der Waals surface area (Å²) in [5.41, 5.74) is 7.87. The summed E-state index contributed by atoms with van der Waals surface area (Å²) >= 11 is 0. The molecular formula is C10H12BNO3. The lowest BCUT2D eigenvalue weighted by molar-refractivity contribution is -0.117. The van der Waals surface area contributed by atoms with E-state index in [2.05, 4.69) is 0 Å². The van der Waals surface area contributed by atoms with E-state index in [-0.39, 0.29) is 5.91 Å². The van der Waals surface area contributed by atoms with Gasteiger partial charge in [0.25, 0.3) is 0 Å². The normalized spacial score (nSPS) is 14.1. The van der Waals surface area contributed by atoms with E-state index in [1.807, 2.05) is 18.2 Å². The van der Waals surface area contributed by atoms with Crippen LogP contribution in [-0.2, 0) is 22.5 Å². The molecule has 1 heterocycles. The molecule has 0 radical (unpaired) electrons. The van der Waals surface area contributed by atoms with Crippen LogP contribution >= 0.6 is 0 Å². The highest BCUT2D eigenvalue weighted by atomic mass is 16.5. The number of aryl methyl sites for hydroxylation is 1. The van der Waals surface area contributed by atoms with E-state index in [1.165, 1.54) is 0 Å². The van der Waals surface area contributed by atoms with Gasteiger partial charge in [-0.3, -0.25) is 4.79 Å². The second-order valence-corrected chi connectivity index (χ2v) is 3.66. The molecule has 0 aliphatic carbocycles. The fourth-order valence-corrected chi connectivity index (χ4v) is 1.69. The van der Waals surface area contributed by atoms with Crippen LogP contribution in [0.1, 0.15) is 17.5 Å². The number of carbonyl (C=O) groups is 1. The third kappa shape index (κ3) is 2.19. The number of primary amides is 1. The van der Waals surface area contributed by atoms with Gasteiger partial charge in [0, 0.05) is 6.42 Å². The first-order chi connectivity index (χ1) is 7.16. The Hall–Kier alpha value is -1.33. The predicted molar refractivity (Wildman–Crippen MR) is 56.4 cm³/mol. The molecule has 0 fully saturated rings. The van der Waals surface area contributed by atoms with Crippen molar-refractivity contribution in [2.75, 3.05) is 0 Å². The molecule has 2 rings (SSSR count). The van der Waals surface area contributed by atoms with E-state index >= 15 is 0 Å². The van der Waals surface area contributed by atoms with E-state index in [9.17, 15) is 9.82 Å². The molecule has 1 aliphatic rings. The van der Waals surface area contributed by atoms with Gasteiger partial charge in [-0.05, 0) is 23.0 Å². The van der Waals surface area contributed by atoms with Crippen molar-refractivity contribution < 1.29 is 14.5 Å². The van der Waals surface area contributed by atoms with Crippen LogP contribution in [0.15, 0.2) is 18.2 Å². The van der Waals surface area contributed by atoms with E-state index < -0.39 is 7.12 Å². The van der Waals surface area contributed by atoms with Crippen molar-refractivity contribution >= 4 is 18.5 Å². The van der Waals surface area contributed by atoms with Crippen molar-refractivity contribution in [3.8, 4) is 0 Å². The Morgan fingerprint density at radius 1 is 1.60 bits per heavy atom. The summed E-state index contributed by atoms with van der Waals surface area (Å²) in [6.07, 6.45) is 0.936. The first kappa shape index (κ1) is 10.2. The molecule has 0 atom stereocenters. The zero-order valence-electron chi connectivity index (χ0n) is 8.27. The number of carbonyl (C=O) groups excluding carboxylic acids is 1. The number of amides is 1. The highest BCUT2D eigenvalue weighted by Crippen LogP contribution is 2.12. The van der Waals surface area contributed by atoms with Crippen LogP contribution in [0.4, 0.5) is 0 Å².